The third kappa shape index (κ3) is 3.42. The predicted molar refractivity (Wildman–Crippen MR) is 84.6 cm³/mol. The molecule has 5 nitrogen and oxygen atoms in total. The van der Waals surface area contributed by atoms with E-state index in [0.717, 1.165) is 31.0 Å². The van der Waals surface area contributed by atoms with Gasteiger partial charge in [-0.3, -0.25) is 24.1 Å². The Bertz CT molecular complexity index is 467. The van der Waals surface area contributed by atoms with Crippen LogP contribution >= 0.6 is 11.8 Å². The van der Waals surface area contributed by atoms with Crippen LogP contribution in [0.2, 0.25) is 0 Å². The van der Waals surface area contributed by atoms with E-state index in [1.54, 1.807) is 0 Å². The molecule has 6 heteroatoms. The zero-order chi connectivity index (χ0) is 16.2. The van der Waals surface area contributed by atoms with Crippen molar-refractivity contribution >= 4 is 34.5 Å². The first-order chi connectivity index (χ1) is 10.5. The van der Waals surface area contributed by atoms with Crippen LogP contribution in [0.4, 0.5) is 4.79 Å². The first kappa shape index (κ1) is 17.2. The summed E-state index contributed by atoms with van der Waals surface area (Å²) >= 11 is 1.01. The van der Waals surface area contributed by atoms with Crippen molar-refractivity contribution in [1.29, 1.82) is 0 Å². The number of nitrogens with zero attached hydrogens (tertiary/aromatic N) is 1. The molecule has 0 N–H and O–H groups in total. The average molecular weight is 325 g/mol. The molecule has 2 rings (SSSR count). The molecule has 1 saturated heterocycles. The fraction of sp³-hybridized carbons (Fsp3) is 0.750. The molecule has 0 aromatic heterocycles. The Morgan fingerprint density at radius 1 is 1.14 bits per heavy atom. The smallest absolute Gasteiger partial charge is 0.288 e. The summed E-state index contributed by atoms with van der Waals surface area (Å²) in [5.41, 5.74) is -0.791. The van der Waals surface area contributed by atoms with Gasteiger partial charge in [-0.25, -0.2) is 0 Å². The average Bonchev–Trinajstić information content (AvgIpc) is 2.86. The zero-order valence-corrected chi connectivity index (χ0v) is 13.9. The van der Waals surface area contributed by atoms with E-state index < -0.39 is 5.41 Å². The SMILES string of the molecule is CCC(=O)C1(C(=O)CCCN2C(=O)CSC2=O)CCCCC1. The monoisotopic (exact) mass is 325 g/mol. The van der Waals surface area contributed by atoms with E-state index in [2.05, 4.69) is 0 Å². The summed E-state index contributed by atoms with van der Waals surface area (Å²) in [5, 5.41) is -0.227. The zero-order valence-electron chi connectivity index (χ0n) is 13.1. The molecule has 1 saturated carbocycles. The molecule has 1 aliphatic carbocycles. The molecule has 0 radical (unpaired) electrons. The second-order valence-electron chi connectivity index (χ2n) is 6.05. The van der Waals surface area contributed by atoms with Crippen molar-refractivity contribution in [2.45, 2.75) is 58.3 Å². The van der Waals surface area contributed by atoms with Crippen LogP contribution in [0.15, 0.2) is 0 Å². The minimum absolute atomic E-state index is 0.00537. The lowest BCUT2D eigenvalue weighted by atomic mass is 9.67. The van der Waals surface area contributed by atoms with Crippen LogP contribution in [-0.4, -0.2) is 39.9 Å². The largest absolute Gasteiger partial charge is 0.299 e. The maximum Gasteiger partial charge on any atom is 0.288 e. The number of rotatable bonds is 7. The topological polar surface area (TPSA) is 71.5 Å². The van der Waals surface area contributed by atoms with Crippen molar-refractivity contribution in [3.05, 3.63) is 0 Å². The Kier molecular flexibility index (Phi) is 5.78. The summed E-state index contributed by atoms with van der Waals surface area (Å²) in [7, 11) is 0. The Balaban J connectivity index is 1.93. The minimum Gasteiger partial charge on any atom is -0.299 e. The van der Waals surface area contributed by atoms with Crippen molar-refractivity contribution < 1.29 is 19.2 Å². The van der Waals surface area contributed by atoms with Crippen molar-refractivity contribution in [3.63, 3.8) is 0 Å². The lowest BCUT2D eigenvalue weighted by Crippen LogP contribution is -2.41. The number of carbonyl (C=O) groups is 4. The molecular weight excluding hydrogens is 302 g/mol. The molecule has 1 heterocycles. The minimum atomic E-state index is -0.791. The first-order valence-corrected chi connectivity index (χ1v) is 9.03. The van der Waals surface area contributed by atoms with Crippen LogP contribution in [0.25, 0.3) is 0 Å². The molecule has 122 valence electrons. The first-order valence-electron chi connectivity index (χ1n) is 8.05. The van der Waals surface area contributed by atoms with Crippen LogP contribution in [0.5, 0.6) is 0 Å². The van der Waals surface area contributed by atoms with Gasteiger partial charge in [0.25, 0.3) is 5.24 Å². The summed E-state index contributed by atoms with van der Waals surface area (Å²) in [4.78, 5) is 49.2. The lowest BCUT2D eigenvalue weighted by Gasteiger charge is -2.34. The fourth-order valence-electron chi connectivity index (χ4n) is 3.44. The van der Waals surface area contributed by atoms with Gasteiger partial charge in [0.15, 0.2) is 0 Å². The van der Waals surface area contributed by atoms with Gasteiger partial charge in [-0.15, -0.1) is 0 Å². The second kappa shape index (κ2) is 7.40. The van der Waals surface area contributed by atoms with Gasteiger partial charge in [-0.2, -0.15) is 0 Å². The third-order valence-corrected chi connectivity index (χ3v) is 5.58. The van der Waals surface area contributed by atoms with Gasteiger partial charge >= 0.3 is 0 Å². The van der Waals surface area contributed by atoms with Crippen molar-refractivity contribution in [2.75, 3.05) is 12.3 Å². The maximum absolute atomic E-state index is 12.6. The van der Waals surface area contributed by atoms with Crippen LogP contribution in [-0.2, 0) is 14.4 Å². The number of hydrogen-bond donors (Lipinski definition) is 0. The van der Waals surface area contributed by atoms with E-state index in [1.165, 1.54) is 4.90 Å². The Morgan fingerprint density at radius 2 is 1.82 bits per heavy atom. The van der Waals surface area contributed by atoms with Gasteiger partial charge in [-0.05, 0) is 19.3 Å². The quantitative estimate of drug-likeness (QED) is 0.673. The highest BCUT2D eigenvalue weighted by molar-refractivity contribution is 8.14. The number of imide groups is 1. The molecule has 0 bridgehead atoms. The molecule has 1 aliphatic heterocycles. The van der Waals surface area contributed by atoms with Gasteiger partial charge < -0.3 is 0 Å². The van der Waals surface area contributed by atoms with Crippen LogP contribution in [0, 0.1) is 5.41 Å². The standard InChI is InChI=1S/C16H23NO4S/c1-2-12(18)16(8-4-3-5-9-16)13(19)7-6-10-17-14(20)11-22-15(17)21/h2-11H2,1H3. The number of ketones is 2. The fourth-order valence-corrected chi connectivity index (χ4v) is 4.19. The molecule has 0 atom stereocenters. The molecular formula is C16H23NO4S. The molecule has 2 amide bonds. The van der Waals surface area contributed by atoms with Gasteiger partial charge in [0.2, 0.25) is 5.91 Å². The van der Waals surface area contributed by atoms with Crippen molar-refractivity contribution in [1.82, 2.24) is 4.90 Å². The van der Waals surface area contributed by atoms with E-state index in [-0.39, 0.29) is 41.4 Å². The number of Topliss-reactive ketones (excluding diaryl/α,β-unsaturated/α-hetero) is 2. The lowest BCUT2D eigenvalue weighted by molar-refractivity contribution is -0.143. The number of hydrogen-bond acceptors (Lipinski definition) is 5. The summed E-state index contributed by atoms with van der Waals surface area (Å²) < 4.78 is 0. The van der Waals surface area contributed by atoms with Gasteiger partial charge in [-0.1, -0.05) is 37.9 Å². The van der Waals surface area contributed by atoms with Crippen molar-refractivity contribution in [3.8, 4) is 0 Å². The summed E-state index contributed by atoms with van der Waals surface area (Å²) in [5.74, 6) is 0.0803. The summed E-state index contributed by atoms with van der Waals surface area (Å²) in [6, 6.07) is 0. The van der Waals surface area contributed by atoms with Crippen LogP contribution < -0.4 is 0 Å². The second-order valence-corrected chi connectivity index (χ2v) is 6.97. The summed E-state index contributed by atoms with van der Waals surface area (Å²) in [6.07, 6.45) is 5.38. The third-order valence-electron chi connectivity index (χ3n) is 4.72. The number of carbonyl (C=O) groups excluding carboxylic acids is 4. The van der Waals surface area contributed by atoms with E-state index in [9.17, 15) is 19.2 Å². The van der Waals surface area contributed by atoms with E-state index >= 15 is 0 Å². The molecule has 0 spiro atoms. The van der Waals surface area contributed by atoms with Crippen LogP contribution in [0.1, 0.15) is 58.3 Å². The molecule has 22 heavy (non-hydrogen) atoms. The molecule has 2 aliphatic rings. The van der Waals surface area contributed by atoms with E-state index in [1.807, 2.05) is 6.92 Å². The molecule has 0 aromatic carbocycles. The number of amides is 2. The van der Waals surface area contributed by atoms with Gasteiger partial charge in [0.1, 0.15) is 11.6 Å². The molecule has 0 unspecified atom stereocenters. The maximum atomic E-state index is 12.6. The van der Waals surface area contributed by atoms with E-state index in [4.69, 9.17) is 0 Å². The van der Waals surface area contributed by atoms with Gasteiger partial charge in [0.05, 0.1) is 11.2 Å². The highest BCUT2D eigenvalue weighted by Crippen LogP contribution is 2.40. The summed E-state index contributed by atoms with van der Waals surface area (Å²) in [6.45, 7) is 2.09. The van der Waals surface area contributed by atoms with Crippen molar-refractivity contribution in [2.24, 2.45) is 5.41 Å². The highest BCUT2D eigenvalue weighted by Gasteiger charge is 2.44. The van der Waals surface area contributed by atoms with Crippen LogP contribution in [0.3, 0.4) is 0 Å². The molecule has 0 aromatic rings. The normalized spacial score (nSPS) is 21.2. The Hall–Kier alpha value is -1.17. The van der Waals surface area contributed by atoms with E-state index in [0.29, 0.717) is 25.7 Å². The number of thioether (sulfide) groups is 1. The molecule has 2 fully saturated rings. The predicted octanol–water partition coefficient (Wildman–Crippen LogP) is 2.96. The highest BCUT2D eigenvalue weighted by atomic mass is 32.2. The Labute approximate surface area is 135 Å². The van der Waals surface area contributed by atoms with Gasteiger partial charge in [0, 0.05) is 19.4 Å². The Morgan fingerprint density at radius 3 is 2.36 bits per heavy atom.